The Hall–Kier alpha value is 0.774. The average molecular weight is 184 g/mol. The predicted molar refractivity (Wildman–Crippen MR) is 34.3 cm³/mol. The van der Waals surface area contributed by atoms with Crippen molar-refractivity contribution in [3.63, 3.8) is 0 Å². The molecule has 1 radical (unpaired) electrons. The Bertz CT molecular complexity index is 78.4. The number of allylic oxidation sites excluding steroid dienone is 4. The van der Waals surface area contributed by atoms with Crippen LogP contribution in [0.25, 0.3) is 0 Å². The first-order chi connectivity index (χ1) is 3.91. The second kappa shape index (κ2) is 7.77. The molecular formula is C5H5Cl2Ti. The van der Waals surface area contributed by atoms with Gasteiger partial charge >= 0.3 is 35.6 Å². The molecule has 0 saturated heterocycles. The monoisotopic (exact) mass is 183 g/mol. The molecular weight excluding hydrogens is 179 g/mol. The maximum absolute atomic E-state index is 4.89. The summed E-state index contributed by atoms with van der Waals surface area (Å²) >= 11 is -0.556. The number of halogens is 2. The van der Waals surface area contributed by atoms with E-state index in [2.05, 4.69) is 0 Å². The Morgan fingerprint density at radius 2 is 1.25 bits per heavy atom. The van der Waals surface area contributed by atoms with Gasteiger partial charge in [0.2, 0.25) is 0 Å². The quantitative estimate of drug-likeness (QED) is 0.507. The van der Waals surface area contributed by atoms with Gasteiger partial charge in [0.15, 0.2) is 0 Å². The van der Waals surface area contributed by atoms with E-state index in [-0.39, 0.29) is 0 Å². The SMILES string of the molecule is [CH]1C=CC=C1.[Cl][Ti][Cl]. The molecule has 0 unspecified atom stereocenters. The van der Waals surface area contributed by atoms with E-state index < -0.39 is 17.0 Å². The Morgan fingerprint density at radius 3 is 1.38 bits per heavy atom. The van der Waals surface area contributed by atoms with Gasteiger partial charge in [0.05, 0.1) is 0 Å². The Labute approximate surface area is 66.2 Å². The van der Waals surface area contributed by atoms with E-state index in [1.807, 2.05) is 30.7 Å². The fourth-order valence-corrected chi connectivity index (χ4v) is 0.321. The van der Waals surface area contributed by atoms with Crippen LogP contribution in [0.1, 0.15) is 0 Å². The molecule has 0 aromatic rings. The van der Waals surface area contributed by atoms with Crippen molar-refractivity contribution in [1.29, 1.82) is 0 Å². The molecule has 1 rings (SSSR count). The van der Waals surface area contributed by atoms with Crippen LogP contribution in [0.4, 0.5) is 0 Å². The van der Waals surface area contributed by atoms with E-state index >= 15 is 0 Å². The van der Waals surface area contributed by atoms with Crippen molar-refractivity contribution in [2.45, 2.75) is 0 Å². The first-order valence-corrected chi connectivity index (χ1v) is 6.34. The Morgan fingerprint density at radius 1 is 0.875 bits per heavy atom. The molecule has 8 heavy (non-hydrogen) atoms. The standard InChI is InChI=1S/C5H5.2ClH.Ti/c1-2-4-5-3-1;;;/h1-5H;2*1H;/q;;;+2/p-2. The van der Waals surface area contributed by atoms with Crippen LogP contribution in [-0.2, 0) is 17.0 Å². The molecule has 0 fully saturated rings. The minimum absolute atomic E-state index is 0.556. The first kappa shape index (κ1) is 8.77. The van der Waals surface area contributed by atoms with Crippen LogP contribution in [-0.4, -0.2) is 0 Å². The topological polar surface area (TPSA) is 0 Å². The van der Waals surface area contributed by atoms with E-state index in [0.29, 0.717) is 0 Å². The number of rotatable bonds is 0. The van der Waals surface area contributed by atoms with Crippen LogP contribution in [0.3, 0.4) is 0 Å². The van der Waals surface area contributed by atoms with E-state index in [1.54, 1.807) is 0 Å². The molecule has 0 atom stereocenters. The zero-order valence-corrected chi connectivity index (χ0v) is 7.22. The molecule has 0 aromatic heterocycles. The third-order valence-electron chi connectivity index (χ3n) is 0.556. The second-order valence-corrected chi connectivity index (χ2v) is 3.61. The van der Waals surface area contributed by atoms with Gasteiger partial charge in [-0.2, -0.15) is 0 Å². The van der Waals surface area contributed by atoms with E-state index in [9.17, 15) is 0 Å². The molecule has 0 aliphatic heterocycles. The summed E-state index contributed by atoms with van der Waals surface area (Å²) in [7, 11) is 9.78. The second-order valence-electron chi connectivity index (χ2n) is 1.03. The zero-order chi connectivity index (χ0) is 6.24. The first-order valence-electron chi connectivity index (χ1n) is 2.04. The van der Waals surface area contributed by atoms with Crippen molar-refractivity contribution in [2.24, 2.45) is 0 Å². The molecule has 0 heterocycles. The van der Waals surface area contributed by atoms with Crippen molar-refractivity contribution in [2.75, 3.05) is 0 Å². The molecule has 1 aliphatic carbocycles. The van der Waals surface area contributed by atoms with E-state index in [0.717, 1.165) is 0 Å². The Balaban J connectivity index is 0.000000145. The average Bonchev–Trinajstić information content (AvgIpc) is 2.17. The summed E-state index contributed by atoms with van der Waals surface area (Å²) in [5.74, 6) is 0. The van der Waals surface area contributed by atoms with Crippen LogP contribution in [0, 0.1) is 6.42 Å². The molecule has 0 spiro atoms. The predicted octanol–water partition coefficient (Wildman–Crippen LogP) is 2.69. The summed E-state index contributed by atoms with van der Waals surface area (Å²) in [6.45, 7) is 0. The van der Waals surface area contributed by atoms with Gasteiger partial charge in [-0.05, 0) is 0 Å². The van der Waals surface area contributed by atoms with E-state index in [1.165, 1.54) is 0 Å². The van der Waals surface area contributed by atoms with Crippen LogP contribution in [0.2, 0.25) is 0 Å². The van der Waals surface area contributed by atoms with Gasteiger partial charge in [0, 0.05) is 6.42 Å². The molecule has 1 aliphatic rings. The summed E-state index contributed by atoms with van der Waals surface area (Å²) in [5.41, 5.74) is 0. The summed E-state index contributed by atoms with van der Waals surface area (Å²) in [5, 5.41) is 0. The normalized spacial score (nSPS) is 12.8. The van der Waals surface area contributed by atoms with Crippen LogP contribution >= 0.6 is 18.6 Å². The van der Waals surface area contributed by atoms with Gasteiger partial charge < -0.3 is 0 Å². The molecule has 3 heteroatoms. The fraction of sp³-hybridized carbons (Fsp3) is 0. The van der Waals surface area contributed by atoms with Crippen molar-refractivity contribution in [1.82, 2.24) is 0 Å². The van der Waals surface area contributed by atoms with Crippen molar-refractivity contribution < 1.29 is 17.0 Å². The summed E-state index contributed by atoms with van der Waals surface area (Å²) < 4.78 is 0. The van der Waals surface area contributed by atoms with Crippen LogP contribution in [0.15, 0.2) is 24.3 Å². The van der Waals surface area contributed by atoms with Crippen molar-refractivity contribution in [3.05, 3.63) is 30.7 Å². The molecule has 43 valence electrons. The summed E-state index contributed by atoms with van der Waals surface area (Å²) in [6, 6.07) is 0. The molecule has 0 saturated carbocycles. The van der Waals surface area contributed by atoms with E-state index in [4.69, 9.17) is 18.6 Å². The van der Waals surface area contributed by atoms with Gasteiger partial charge in [-0.25, -0.2) is 0 Å². The van der Waals surface area contributed by atoms with Crippen molar-refractivity contribution >= 4 is 18.6 Å². The van der Waals surface area contributed by atoms with Gasteiger partial charge in [-0.1, -0.05) is 24.3 Å². The third-order valence-corrected chi connectivity index (χ3v) is 0.556. The van der Waals surface area contributed by atoms with Gasteiger partial charge in [0.25, 0.3) is 0 Å². The van der Waals surface area contributed by atoms with Gasteiger partial charge in [-0.3, -0.25) is 0 Å². The molecule has 0 bridgehead atoms. The third kappa shape index (κ3) is 6.77. The number of hydrogen-bond acceptors (Lipinski definition) is 0. The number of hydrogen-bond donors (Lipinski definition) is 0. The summed E-state index contributed by atoms with van der Waals surface area (Å²) in [4.78, 5) is 0. The molecule has 0 nitrogen and oxygen atoms in total. The van der Waals surface area contributed by atoms with Crippen LogP contribution in [0.5, 0.6) is 0 Å². The van der Waals surface area contributed by atoms with Gasteiger partial charge in [0.1, 0.15) is 0 Å². The fourth-order valence-electron chi connectivity index (χ4n) is 0.321. The maximum atomic E-state index is 4.89. The molecule has 0 amide bonds. The van der Waals surface area contributed by atoms with Crippen LogP contribution < -0.4 is 0 Å². The van der Waals surface area contributed by atoms with Gasteiger partial charge in [-0.15, -0.1) is 0 Å². The summed E-state index contributed by atoms with van der Waals surface area (Å²) in [6.07, 6.45) is 10.0. The molecule has 0 N–H and O–H groups in total. The Kier molecular flexibility index (Phi) is 8.53. The molecule has 0 aromatic carbocycles. The zero-order valence-electron chi connectivity index (χ0n) is 4.14. The minimum atomic E-state index is -0.556. The van der Waals surface area contributed by atoms with Crippen molar-refractivity contribution in [3.8, 4) is 0 Å².